The van der Waals surface area contributed by atoms with E-state index >= 15 is 0 Å². The van der Waals surface area contributed by atoms with Crippen molar-refractivity contribution in [3.8, 4) is 0 Å². The fourth-order valence-corrected chi connectivity index (χ4v) is 2.91. The van der Waals surface area contributed by atoms with E-state index in [1.165, 1.54) is 11.0 Å². The van der Waals surface area contributed by atoms with Crippen molar-refractivity contribution in [2.24, 2.45) is 0 Å². The van der Waals surface area contributed by atoms with E-state index in [9.17, 15) is 4.79 Å². The van der Waals surface area contributed by atoms with Crippen LogP contribution in [-0.2, 0) is 4.79 Å². The zero-order valence-electron chi connectivity index (χ0n) is 10.8. The molecule has 1 aromatic heterocycles. The Bertz CT molecular complexity index is 411. The molecule has 0 aliphatic heterocycles. The summed E-state index contributed by atoms with van der Waals surface area (Å²) < 4.78 is 0. The maximum absolute atomic E-state index is 11.7. The third kappa shape index (κ3) is 4.84. The molecule has 0 aromatic carbocycles. The van der Waals surface area contributed by atoms with Crippen LogP contribution in [0.5, 0.6) is 0 Å². The molecule has 2 N–H and O–H groups in total. The second-order valence-corrected chi connectivity index (χ2v) is 6.43. The van der Waals surface area contributed by atoms with Gasteiger partial charge in [-0.2, -0.15) is 11.8 Å². The maximum Gasteiger partial charge on any atom is 0.244 e. The quantitative estimate of drug-likeness (QED) is 0.789. The molecule has 0 aliphatic carbocycles. The van der Waals surface area contributed by atoms with Gasteiger partial charge in [-0.25, -0.2) is 0 Å². The lowest BCUT2D eigenvalue weighted by molar-refractivity contribution is -0.117. The number of carbonyl (C=O) groups is 1. The number of carbonyl (C=O) groups excluding carboxylic acids is 1. The number of hydrogen-bond donors (Lipinski definition) is 2. The van der Waals surface area contributed by atoms with Gasteiger partial charge in [-0.15, -0.1) is 11.3 Å². The van der Waals surface area contributed by atoms with Crippen molar-refractivity contribution in [1.82, 2.24) is 5.32 Å². The van der Waals surface area contributed by atoms with Gasteiger partial charge in [-0.3, -0.25) is 4.79 Å². The molecule has 5 heteroatoms. The highest BCUT2D eigenvalue weighted by molar-refractivity contribution is 7.99. The Hall–Kier alpha value is -0.780. The van der Waals surface area contributed by atoms with Crippen molar-refractivity contribution in [3.63, 3.8) is 0 Å². The minimum Gasteiger partial charge on any atom is -0.395 e. The summed E-state index contributed by atoms with van der Waals surface area (Å²) in [6, 6.07) is 3.97. The predicted octanol–water partition coefficient (Wildman–Crippen LogP) is 2.30. The fraction of sp³-hybridized carbons (Fsp3) is 0.462. The number of aliphatic hydroxyl groups excluding tert-OH is 1. The Balaban J connectivity index is 2.48. The Morgan fingerprint density at radius 3 is 2.83 bits per heavy atom. The molecule has 1 amide bonds. The molecule has 0 radical (unpaired) electrons. The molecular formula is C13H19NO2S2. The van der Waals surface area contributed by atoms with E-state index < -0.39 is 0 Å². The first-order valence-corrected chi connectivity index (χ1v) is 7.86. The third-order valence-corrected chi connectivity index (χ3v) is 4.70. The number of aliphatic hydroxyl groups is 1. The summed E-state index contributed by atoms with van der Waals surface area (Å²) in [7, 11) is 0. The third-order valence-electron chi connectivity index (χ3n) is 2.57. The molecule has 2 atom stereocenters. The van der Waals surface area contributed by atoms with Gasteiger partial charge >= 0.3 is 0 Å². The molecule has 0 saturated heterocycles. The summed E-state index contributed by atoms with van der Waals surface area (Å²) in [5.74, 6) is -0.124. The van der Waals surface area contributed by atoms with E-state index in [1.807, 2.05) is 38.3 Å². The average Bonchev–Trinajstić information content (AvgIpc) is 2.74. The molecule has 0 spiro atoms. The van der Waals surface area contributed by atoms with E-state index in [-0.39, 0.29) is 23.8 Å². The van der Waals surface area contributed by atoms with E-state index in [0.29, 0.717) is 0 Å². The first-order chi connectivity index (χ1) is 8.56. The van der Waals surface area contributed by atoms with Crippen molar-refractivity contribution in [1.29, 1.82) is 0 Å². The summed E-state index contributed by atoms with van der Waals surface area (Å²) in [4.78, 5) is 14.0. The van der Waals surface area contributed by atoms with Crippen molar-refractivity contribution >= 4 is 35.1 Å². The number of aryl methyl sites for hydroxylation is 1. The van der Waals surface area contributed by atoms with Gasteiger partial charge in [0.05, 0.1) is 6.61 Å². The molecule has 0 fully saturated rings. The van der Waals surface area contributed by atoms with E-state index in [0.717, 1.165) is 4.88 Å². The van der Waals surface area contributed by atoms with Gasteiger partial charge in [-0.1, -0.05) is 0 Å². The summed E-state index contributed by atoms with van der Waals surface area (Å²) in [5, 5.41) is 12.0. The first-order valence-electron chi connectivity index (χ1n) is 5.75. The second-order valence-electron chi connectivity index (χ2n) is 4.04. The van der Waals surface area contributed by atoms with Crippen LogP contribution in [0.1, 0.15) is 16.7 Å². The van der Waals surface area contributed by atoms with Gasteiger partial charge in [0.25, 0.3) is 0 Å². The van der Waals surface area contributed by atoms with E-state index in [1.54, 1.807) is 23.1 Å². The lowest BCUT2D eigenvalue weighted by atomic mass is 10.2. The Morgan fingerprint density at radius 1 is 1.61 bits per heavy atom. The molecule has 0 bridgehead atoms. The topological polar surface area (TPSA) is 49.3 Å². The molecule has 1 aromatic rings. The molecular weight excluding hydrogens is 266 g/mol. The van der Waals surface area contributed by atoms with Crippen LogP contribution in [0.2, 0.25) is 0 Å². The van der Waals surface area contributed by atoms with Crippen molar-refractivity contribution in [3.05, 3.63) is 28.0 Å². The highest BCUT2D eigenvalue weighted by Gasteiger charge is 2.15. The molecule has 2 unspecified atom stereocenters. The molecule has 1 rings (SSSR count). The molecule has 3 nitrogen and oxygen atoms in total. The predicted molar refractivity (Wildman–Crippen MR) is 80.1 cm³/mol. The summed E-state index contributed by atoms with van der Waals surface area (Å²) >= 11 is 3.20. The zero-order valence-corrected chi connectivity index (χ0v) is 12.5. The van der Waals surface area contributed by atoms with E-state index in [4.69, 9.17) is 5.11 Å². The minimum absolute atomic E-state index is 0.0336. The zero-order chi connectivity index (χ0) is 13.5. The normalized spacial score (nSPS) is 14.7. The van der Waals surface area contributed by atoms with Crippen LogP contribution in [0, 0.1) is 6.92 Å². The van der Waals surface area contributed by atoms with Gasteiger partial charge in [0.15, 0.2) is 0 Å². The lowest BCUT2D eigenvalue weighted by Gasteiger charge is -2.20. The lowest BCUT2D eigenvalue weighted by Crippen LogP contribution is -2.40. The highest BCUT2D eigenvalue weighted by Crippen LogP contribution is 2.16. The summed E-state index contributed by atoms with van der Waals surface area (Å²) in [6.45, 7) is 4.00. The monoisotopic (exact) mass is 285 g/mol. The highest BCUT2D eigenvalue weighted by atomic mass is 32.2. The number of thiophene rings is 1. The largest absolute Gasteiger partial charge is 0.395 e. The van der Waals surface area contributed by atoms with Crippen molar-refractivity contribution < 1.29 is 9.90 Å². The van der Waals surface area contributed by atoms with Crippen LogP contribution in [0.15, 0.2) is 18.2 Å². The number of nitrogens with one attached hydrogen (secondary N) is 1. The summed E-state index contributed by atoms with van der Waals surface area (Å²) in [6.07, 6.45) is 5.27. The minimum atomic E-state index is -0.124. The molecule has 100 valence electrons. The van der Waals surface area contributed by atoms with Crippen molar-refractivity contribution in [2.75, 3.05) is 12.9 Å². The fourth-order valence-electron chi connectivity index (χ4n) is 1.50. The molecule has 0 aliphatic rings. The van der Waals surface area contributed by atoms with Crippen LogP contribution in [0.4, 0.5) is 0 Å². The maximum atomic E-state index is 11.7. The van der Waals surface area contributed by atoms with Crippen LogP contribution in [-0.4, -0.2) is 35.2 Å². The van der Waals surface area contributed by atoms with Gasteiger partial charge < -0.3 is 10.4 Å². The number of hydrogen-bond acceptors (Lipinski definition) is 4. The van der Waals surface area contributed by atoms with Crippen LogP contribution in [0.25, 0.3) is 6.08 Å². The molecule has 1 heterocycles. The standard InChI is InChI=1S/C13H19NO2S2/c1-9-4-5-11(18-9)6-7-13(16)14-10(2)12(8-15)17-3/h4-7,10,12,15H,8H2,1-3H3,(H,14,16)/b7-6+. The Kier molecular flexibility index (Phi) is 6.46. The Labute approximate surface area is 116 Å². The number of rotatable bonds is 6. The Morgan fingerprint density at radius 2 is 2.33 bits per heavy atom. The van der Waals surface area contributed by atoms with Gasteiger partial charge in [-0.05, 0) is 38.3 Å². The first kappa shape index (κ1) is 15.3. The summed E-state index contributed by atoms with van der Waals surface area (Å²) in [5.41, 5.74) is 0. The van der Waals surface area contributed by atoms with Gasteiger partial charge in [0.1, 0.15) is 0 Å². The van der Waals surface area contributed by atoms with Crippen LogP contribution >= 0.6 is 23.1 Å². The second kappa shape index (κ2) is 7.61. The number of amides is 1. The van der Waals surface area contributed by atoms with E-state index in [2.05, 4.69) is 5.32 Å². The SMILES string of the molecule is CSC(CO)C(C)NC(=O)/C=C/c1ccc(C)s1. The van der Waals surface area contributed by atoms with Crippen LogP contribution < -0.4 is 5.32 Å². The van der Waals surface area contributed by atoms with Crippen molar-refractivity contribution in [2.45, 2.75) is 25.1 Å². The van der Waals surface area contributed by atoms with Gasteiger partial charge in [0, 0.05) is 27.1 Å². The smallest absolute Gasteiger partial charge is 0.244 e. The average molecular weight is 285 g/mol. The van der Waals surface area contributed by atoms with Gasteiger partial charge in [0.2, 0.25) is 5.91 Å². The number of thioether (sulfide) groups is 1. The van der Waals surface area contributed by atoms with Crippen LogP contribution in [0.3, 0.4) is 0 Å². The molecule has 18 heavy (non-hydrogen) atoms. The molecule has 0 saturated carbocycles.